The fraction of sp³-hybridized carbons (Fsp3) is 0.515. The van der Waals surface area contributed by atoms with Gasteiger partial charge >= 0.3 is 0 Å². The predicted molar refractivity (Wildman–Crippen MR) is 160 cm³/mol. The number of fused-ring (bicyclic) bond motifs is 1. The van der Waals surface area contributed by atoms with Gasteiger partial charge in [0.2, 0.25) is 0 Å². The number of ketones is 1. The fourth-order valence-electron chi connectivity index (χ4n) is 5.56. The average molecular weight is 565 g/mol. The van der Waals surface area contributed by atoms with E-state index in [1.165, 1.54) is 0 Å². The first-order chi connectivity index (χ1) is 19.7. The molecule has 1 amide bonds. The summed E-state index contributed by atoms with van der Waals surface area (Å²) in [4.78, 5) is 30.9. The van der Waals surface area contributed by atoms with Gasteiger partial charge in [0, 0.05) is 18.5 Å². The molecule has 2 aromatic rings. The van der Waals surface area contributed by atoms with Crippen molar-refractivity contribution in [3.63, 3.8) is 0 Å². The lowest BCUT2D eigenvalue weighted by Gasteiger charge is -2.27. The minimum absolute atomic E-state index is 0.0486. The number of ether oxygens (including phenoxy) is 3. The Morgan fingerprint density at radius 1 is 1.12 bits per heavy atom. The SMILES string of the molecule is CCN(CC)CCCN1C(=O)C(=O)/C(=C(/O)c2ccc3c(c2)C[C@@H](C)O3)[C@@H]1c1ccc(OCCC(C)C)c(OC)c1. The fourth-order valence-corrected chi connectivity index (χ4v) is 5.56. The van der Waals surface area contributed by atoms with Crippen LogP contribution in [0.3, 0.4) is 0 Å². The molecule has 222 valence electrons. The molecule has 2 aliphatic rings. The van der Waals surface area contributed by atoms with Crippen molar-refractivity contribution in [3.8, 4) is 17.2 Å². The maximum Gasteiger partial charge on any atom is 0.295 e. The first-order valence-corrected chi connectivity index (χ1v) is 14.8. The summed E-state index contributed by atoms with van der Waals surface area (Å²) in [6, 6.07) is 10.1. The maximum absolute atomic E-state index is 13.5. The topological polar surface area (TPSA) is 88.5 Å². The average Bonchev–Trinajstić information content (AvgIpc) is 3.45. The van der Waals surface area contributed by atoms with Gasteiger partial charge in [-0.15, -0.1) is 0 Å². The molecule has 4 rings (SSSR count). The highest BCUT2D eigenvalue weighted by Crippen LogP contribution is 2.43. The molecule has 1 saturated heterocycles. The molecular weight excluding hydrogens is 520 g/mol. The minimum atomic E-state index is -0.756. The lowest BCUT2D eigenvalue weighted by atomic mass is 9.94. The number of amides is 1. The van der Waals surface area contributed by atoms with Crippen molar-refractivity contribution in [1.82, 2.24) is 9.80 Å². The molecule has 1 fully saturated rings. The van der Waals surface area contributed by atoms with Crippen LogP contribution in [-0.2, 0) is 16.0 Å². The molecule has 0 bridgehead atoms. The van der Waals surface area contributed by atoms with Crippen LogP contribution >= 0.6 is 0 Å². The largest absolute Gasteiger partial charge is 0.507 e. The zero-order valence-corrected chi connectivity index (χ0v) is 25.2. The molecule has 0 saturated carbocycles. The van der Waals surface area contributed by atoms with Gasteiger partial charge in [-0.2, -0.15) is 0 Å². The summed E-state index contributed by atoms with van der Waals surface area (Å²) < 4.78 is 17.5. The highest BCUT2D eigenvalue weighted by Gasteiger charge is 2.46. The number of carbonyl (C=O) groups excluding carboxylic acids is 2. The van der Waals surface area contributed by atoms with E-state index < -0.39 is 17.7 Å². The first kappa shape index (κ1) is 30.4. The highest BCUT2D eigenvalue weighted by atomic mass is 16.5. The van der Waals surface area contributed by atoms with Crippen LogP contribution in [0.2, 0.25) is 0 Å². The highest BCUT2D eigenvalue weighted by molar-refractivity contribution is 6.46. The third kappa shape index (κ3) is 6.70. The minimum Gasteiger partial charge on any atom is -0.507 e. The van der Waals surface area contributed by atoms with Crippen LogP contribution in [0.5, 0.6) is 17.2 Å². The van der Waals surface area contributed by atoms with E-state index in [9.17, 15) is 14.7 Å². The van der Waals surface area contributed by atoms with E-state index in [1.54, 1.807) is 18.1 Å². The van der Waals surface area contributed by atoms with Gasteiger partial charge in [-0.1, -0.05) is 33.8 Å². The summed E-state index contributed by atoms with van der Waals surface area (Å²) in [5, 5.41) is 11.6. The zero-order valence-electron chi connectivity index (χ0n) is 25.2. The molecule has 0 unspecified atom stereocenters. The van der Waals surface area contributed by atoms with Gasteiger partial charge in [0.15, 0.2) is 11.5 Å². The number of hydrogen-bond acceptors (Lipinski definition) is 7. The Hall–Kier alpha value is -3.52. The number of nitrogens with zero attached hydrogens (tertiary/aromatic N) is 2. The van der Waals surface area contributed by atoms with E-state index in [2.05, 4.69) is 32.6 Å². The number of aliphatic hydroxyl groups excluding tert-OH is 1. The maximum atomic E-state index is 13.5. The molecule has 0 radical (unpaired) electrons. The van der Waals surface area contributed by atoms with Crippen molar-refractivity contribution in [2.24, 2.45) is 5.92 Å². The summed E-state index contributed by atoms with van der Waals surface area (Å²) in [7, 11) is 1.57. The van der Waals surface area contributed by atoms with Gasteiger partial charge in [0.25, 0.3) is 11.7 Å². The number of benzene rings is 2. The Bertz CT molecular complexity index is 1280. The number of carbonyl (C=O) groups is 2. The van der Waals surface area contributed by atoms with Crippen molar-refractivity contribution in [2.45, 2.75) is 66.0 Å². The Balaban J connectivity index is 1.74. The molecule has 8 nitrogen and oxygen atoms in total. The molecule has 2 aliphatic heterocycles. The second kappa shape index (κ2) is 13.4. The van der Waals surface area contributed by atoms with Crippen LogP contribution in [0, 0.1) is 5.92 Å². The summed E-state index contributed by atoms with van der Waals surface area (Å²) in [5.41, 5.74) is 2.23. The van der Waals surface area contributed by atoms with Gasteiger partial charge in [-0.3, -0.25) is 9.59 Å². The van der Waals surface area contributed by atoms with Crippen molar-refractivity contribution in [2.75, 3.05) is 39.9 Å². The van der Waals surface area contributed by atoms with Crippen LogP contribution in [0.1, 0.15) is 70.2 Å². The van der Waals surface area contributed by atoms with Gasteiger partial charge in [0.05, 0.1) is 25.3 Å². The van der Waals surface area contributed by atoms with E-state index in [1.807, 2.05) is 37.3 Å². The lowest BCUT2D eigenvalue weighted by Crippen LogP contribution is -2.33. The quantitative estimate of drug-likeness (QED) is 0.193. The molecule has 0 aromatic heterocycles. The summed E-state index contributed by atoms with van der Waals surface area (Å²) in [6.07, 6.45) is 2.37. The van der Waals surface area contributed by atoms with E-state index in [0.717, 1.165) is 43.8 Å². The van der Waals surface area contributed by atoms with Crippen LogP contribution in [0.25, 0.3) is 5.76 Å². The molecule has 8 heteroatoms. The third-order valence-corrected chi connectivity index (χ3v) is 7.93. The van der Waals surface area contributed by atoms with Crippen molar-refractivity contribution in [3.05, 3.63) is 58.7 Å². The predicted octanol–water partition coefficient (Wildman–Crippen LogP) is 5.60. The molecule has 0 aliphatic carbocycles. The number of likely N-dealkylation sites (tertiary alicyclic amines) is 1. The molecule has 2 heterocycles. The van der Waals surface area contributed by atoms with Crippen LogP contribution in [0.4, 0.5) is 0 Å². The van der Waals surface area contributed by atoms with Gasteiger partial charge < -0.3 is 29.1 Å². The van der Waals surface area contributed by atoms with Crippen LogP contribution in [-0.4, -0.2) is 72.6 Å². The third-order valence-electron chi connectivity index (χ3n) is 7.93. The Kier molecular flexibility index (Phi) is 9.97. The zero-order chi connectivity index (χ0) is 29.7. The molecule has 2 aromatic carbocycles. The molecular formula is C33H44N2O6. The number of Topliss-reactive ketones (excluding diaryl/α,β-unsaturated/α-hetero) is 1. The molecule has 0 spiro atoms. The summed E-state index contributed by atoms with van der Waals surface area (Å²) in [6.45, 7) is 14.0. The summed E-state index contributed by atoms with van der Waals surface area (Å²) >= 11 is 0. The smallest absolute Gasteiger partial charge is 0.295 e. The van der Waals surface area contributed by atoms with Gasteiger partial charge in [-0.05, 0) is 86.8 Å². The lowest BCUT2D eigenvalue weighted by molar-refractivity contribution is -0.140. The second-order valence-corrected chi connectivity index (χ2v) is 11.3. The van der Waals surface area contributed by atoms with Crippen LogP contribution in [0.15, 0.2) is 42.0 Å². The Morgan fingerprint density at radius 3 is 2.56 bits per heavy atom. The van der Waals surface area contributed by atoms with Crippen LogP contribution < -0.4 is 14.2 Å². The van der Waals surface area contributed by atoms with Crippen molar-refractivity contribution in [1.29, 1.82) is 0 Å². The number of rotatable bonds is 13. The number of methoxy groups -OCH3 is 1. The Morgan fingerprint density at radius 2 is 1.88 bits per heavy atom. The van der Waals surface area contributed by atoms with Crippen molar-refractivity contribution < 1.29 is 28.9 Å². The Labute approximate surface area is 243 Å². The van der Waals surface area contributed by atoms with E-state index in [-0.39, 0.29) is 17.4 Å². The van der Waals surface area contributed by atoms with E-state index in [4.69, 9.17) is 14.2 Å². The van der Waals surface area contributed by atoms with E-state index in [0.29, 0.717) is 48.1 Å². The standard InChI is InChI=1S/C33H44N2O6/c1-7-34(8-2)15-9-16-35-30(23-10-13-27(28(20-23)39-6)40-17-14-21(3)4)29(32(37)33(35)38)31(36)24-11-12-26-25(19-24)18-22(5)41-26/h10-13,19-22,30,36H,7-9,14-18H2,1-6H3/b31-29+/t22-,30+/m1/s1. The first-order valence-electron chi connectivity index (χ1n) is 14.8. The second-order valence-electron chi connectivity index (χ2n) is 11.3. The monoisotopic (exact) mass is 564 g/mol. The van der Waals surface area contributed by atoms with Gasteiger partial charge in [0.1, 0.15) is 17.6 Å². The summed E-state index contributed by atoms with van der Waals surface area (Å²) in [5.74, 6) is 0.928. The molecule has 2 atom stereocenters. The molecule has 1 N–H and O–H groups in total. The number of aliphatic hydroxyl groups is 1. The van der Waals surface area contributed by atoms with E-state index >= 15 is 0 Å². The normalized spacial score (nSPS) is 19.7. The van der Waals surface area contributed by atoms with Gasteiger partial charge in [-0.25, -0.2) is 0 Å². The molecule has 41 heavy (non-hydrogen) atoms. The van der Waals surface area contributed by atoms with Crippen molar-refractivity contribution >= 4 is 17.4 Å². The number of hydrogen-bond donors (Lipinski definition) is 1.